The molecule has 1 N–H and O–H groups in total. The van der Waals surface area contributed by atoms with Crippen LogP contribution in [0.3, 0.4) is 0 Å². The van der Waals surface area contributed by atoms with Crippen molar-refractivity contribution in [3.05, 3.63) is 34.5 Å². The molecule has 3 aromatic rings. The first-order valence-corrected chi connectivity index (χ1v) is 8.86. The summed E-state index contributed by atoms with van der Waals surface area (Å²) in [5.74, 6) is 0.762. The summed E-state index contributed by atoms with van der Waals surface area (Å²) in [5, 5.41) is 21.2. The van der Waals surface area contributed by atoms with E-state index in [0.717, 1.165) is 32.1 Å². The van der Waals surface area contributed by atoms with E-state index >= 15 is 0 Å². The quantitative estimate of drug-likeness (QED) is 0.750. The lowest BCUT2D eigenvalue weighted by Crippen LogP contribution is -2.44. The maximum atomic E-state index is 5.68. The lowest BCUT2D eigenvalue weighted by atomic mass is 10.1. The van der Waals surface area contributed by atoms with E-state index in [0.29, 0.717) is 11.7 Å². The second-order valence-electron chi connectivity index (χ2n) is 5.83. The van der Waals surface area contributed by atoms with E-state index < -0.39 is 0 Å². The second kappa shape index (κ2) is 6.80. The molecule has 1 aliphatic heterocycles. The van der Waals surface area contributed by atoms with Gasteiger partial charge >= 0.3 is 0 Å². The van der Waals surface area contributed by atoms with Crippen LogP contribution in [0.1, 0.15) is 17.8 Å². The zero-order valence-electron chi connectivity index (χ0n) is 13.4. The fourth-order valence-corrected chi connectivity index (χ4v) is 3.82. The normalized spacial score (nSPS) is 20.3. The molecule has 9 heteroatoms. The Morgan fingerprint density at radius 3 is 3.21 bits per heavy atom. The molecule has 0 aromatic carbocycles. The standard InChI is InChI=1S/C15H19N7OS/c1-11-10-21(6-7-23-11)12(13-3-2-8-24-13)9-16-14-4-5-15-17-19-20-22(15)18-14/h2-5,8,11-12H,6-7,9-10H2,1H3,(H,16,18). The monoisotopic (exact) mass is 345 g/mol. The first kappa shape index (κ1) is 15.4. The van der Waals surface area contributed by atoms with Crippen molar-refractivity contribution in [3.8, 4) is 0 Å². The predicted molar refractivity (Wildman–Crippen MR) is 91.1 cm³/mol. The van der Waals surface area contributed by atoms with Crippen LogP contribution in [0.25, 0.3) is 5.65 Å². The third-order valence-corrected chi connectivity index (χ3v) is 5.10. The van der Waals surface area contributed by atoms with E-state index in [4.69, 9.17) is 4.74 Å². The number of aromatic nitrogens is 5. The average molecular weight is 345 g/mol. The van der Waals surface area contributed by atoms with Gasteiger partial charge in [-0.25, -0.2) is 0 Å². The maximum Gasteiger partial charge on any atom is 0.200 e. The Hall–Kier alpha value is -2.10. The minimum absolute atomic E-state index is 0.261. The van der Waals surface area contributed by atoms with Gasteiger partial charge in [-0.1, -0.05) is 6.07 Å². The number of hydrogen-bond donors (Lipinski definition) is 1. The Labute approximate surface area is 143 Å². The van der Waals surface area contributed by atoms with Crippen LogP contribution in [0.4, 0.5) is 5.82 Å². The van der Waals surface area contributed by atoms with Crippen LogP contribution in [0, 0.1) is 0 Å². The minimum atomic E-state index is 0.261. The zero-order valence-corrected chi connectivity index (χ0v) is 14.2. The Morgan fingerprint density at radius 1 is 1.42 bits per heavy atom. The summed E-state index contributed by atoms with van der Waals surface area (Å²) in [6, 6.07) is 8.34. The molecular formula is C15H19N7OS. The summed E-state index contributed by atoms with van der Waals surface area (Å²) in [6.45, 7) is 5.54. The molecular weight excluding hydrogens is 326 g/mol. The lowest BCUT2D eigenvalue weighted by molar-refractivity contribution is -0.0322. The number of morpholine rings is 1. The summed E-state index contributed by atoms with van der Waals surface area (Å²) < 4.78 is 7.11. The SMILES string of the molecule is CC1CN(C(CNc2ccc3nnnn3n2)c2cccs2)CCO1. The summed E-state index contributed by atoms with van der Waals surface area (Å²) in [7, 11) is 0. The number of rotatable bonds is 5. The Morgan fingerprint density at radius 2 is 2.38 bits per heavy atom. The zero-order chi connectivity index (χ0) is 16.4. The Balaban J connectivity index is 1.51. The predicted octanol–water partition coefficient (Wildman–Crippen LogP) is 1.45. The van der Waals surface area contributed by atoms with Crippen molar-refractivity contribution < 1.29 is 4.74 Å². The molecule has 2 unspecified atom stereocenters. The number of tetrazole rings is 1. The van der Waals surface area contributed by atoms with Gasteiger partial charge in [-0.2, -0.15) is 0 Å². The van der Waals surface area contributed by atoms with E-state index in [1.165, 1.54) is 9.51 Å². The topological polar surface area (TPSA) is 80.5 Å². The minimum Gasteiger partial charge on any atom is -0.376 e. The molecule has 8 nitrogen and oxygen atoms in total. The van der Waals surface area contributed by atoms with E-state index in [-0.39, 0.29) is 6.10 Å². The van der Waals surface area contributed by atoms with Crippen LogP contribution in [-0.4, -0.2) is 62.5 Å². The molecule has 1 aliphatic rings. The van der Waals surface area contributed by atoms with Crippen LogP contribution in [0.2, 0.25) is 0 Å². The fourth-order valence-electron chi connectivity index (χ4n) is 2.96. The molecule has 0 amide bonds. The number of hydrogen-bond acceptors (Lipinski definition) is 8. The van der Waals surface area contributed by atoms with Crippen LogP contribution in [0.5, 0.6) is 0 Å². The van der Waals surface area contributed by atoms with E-state index in [1.807, 2.05) is 12.1 Å². The van der Waals surface area contributed by atoms with Gasteiger partial charge in [-0.15, -0.1) is 26.2 Å². The number of thiophene rings is 1. The molecule has 4 rings (SSSR count). The number of nitrogens with zero attached hydrogens (tertiary/aromatic N) is 6. The van der Waals surface area contributed by atoms with Gasteiger partial charge in [-0.3, -0.25) is 4.90 Å². The maximum absolute atomic E-state index is 5.68. The van der Waals surface area contributed by atoms with Crippen molar-refractivity contribution in [1.82, 2.24) is 30.2 Å². The molecule has 2 atom stereocenters. The molecule has 0 spiro atoms. The molecule has 1 fully saturated rings. The number of fused-ring (bicyclic) bond motifs is 1. The van der Waals surface area contributed by atoms with E-state index in [9.17, 15) is 0 Å². The molecule has 24 heavy (non-hydrogen) atoms. The highest BCUT2D eigenvalue weighted by molar-refractivity contribution is 7.10. The highest BCUT2D eigenvalue weighted by atomic mass is 32.1. The largest absolute Gasteiger partial charge is 0.376 e. The summed E-state index contributed by atoms with van der Waals surface area (Å²) >= 11 is 1.78. The molecule has 1 saturated heterocycles. The summed E-state index contributed by atoms with van der Waals surface area (Å²) in [4.78, 5) is 3.82. The van der Waals surface area contributed by atoms with E-state index in [2.05, 4.69) is 55.3 Å². The van der Waals surface area contributed by atoms with Gasteiger partial charge < -0.3 is 10.1 Å². The molecule has 0 saturated carbocycles. The molecule has 126 valence electrons. The molecule has 0 aliphatic carbocycles. The van der Waals surface area contributed by atoms with Crippen molar-refractivity contribution in [3.63, 3.8) is 0 Å². The number of anilines is 1. The second-order valence-corrected chi connectivity index (χ2v) is 6.81. The molecule has 3 aromatic heterocycles. The van der Waals surface area contributed by atoms with Gasteiger partial charge in [0.05, 0.1) is 18.8 Å². The summed E-state index contributed by atoms with van der Waals surface area (Å²) in [6.07, 6.45) is 0.261. The van der Waals surface area contributed by atoms with Crippen LogP contribution >= 0.6 is 11.3 Å². The van der Waals surface area contributed by atoms with Gasteiger partial charge in [0.25, 0.3) is 0 Å². The Bertz CT molecular complexity index is 790. The first-order valence-electron chi connectivity index (χ1n) is 7.98. The third kappa shape index (κ3) is 3.23. The van der Waals surface area contributed by atoms with Crippen molar-refractivity contribution in [2.24, 2.45) is 0 Å². The number of ether oxygens (including phenoxy) is 1. The van der Waals surface area contributed by atoms with Crippen LogP contribution < -0.4 is 5.32 Å². The molecule has 4 heterocycles. The van der Waals surface area contributed by atoms with Gasteiger partial charge in [0.15, 0.2) is 5.65 Å². The first-order chi connectivity index (χ1) is 11.8. The highest BCUT2D eigenvalue weighted by Crippen LogP contribution is 2.27. The van der Waals surface area contributed by atoms with Crippen molar-refractivity contribution in [1.29, 1.82) is 0 Å². The van der Waals surface area contributed by atoms with Crippen LogP contribution in [-0.2, 0) is 4.74 Å². The Kier molecular flexibility index (Phi) is 4.37. The summed E-state index contributed by atoms with van der Waals surface area (Å²) in [5.41, 5.74) is 0.636. The van der Waals surface area contributed by atoms with Gasteiger partial charge in [0.2, 0.25) is 0 Å². The highest BCUT2D eigenvalue weighted by Gasteiger charge is 2.26. The molecule has 0 radical (unpaired) electrons. The van der Waals surface area contributed by atoms with Gasteiger partial charge in [-0.05, 0) is 40.9 Å². The fraction of sp³-hybridized carbons (Fsp3) is 0.467. The van der Waals surface area contributed by atoms with Crippen molar-refractivity contribution in [2.45, 2.75) is 19.1 Å². The number of nitrogens with one attached hydrogen (secondary N) is 1. The van der Waals surface area contributed by atoms with Crippen LogP contribution in [0.15, 0.2) is 29.6 Å². The lowest BCUT2D eigenvalue weighted by Gasteiger charge is -2.37. The van der Waals surface area contributed by atoms with Gasteiger partial charge in [0.1, 0.15) is 5.82 Å². The molecule has 0 bridgehead atoms. The van der Waals surface area contributed by atoms with Gasteiger partial charge in [0, 0.05) is 24.5 Å². The smallest absolute Gasteiger partial charge is 0.200 e. The average Bonchev–Trinajstić information content (AvgIpc) is 3.26. The van der Waals surface area contributed by atoms with Crippen molar-refractivity contribution >= 4 is 22.8 Å². The van der Waals surface area contributed by atoms with Crippen molar-refractivity contribution in [2.75, 3.05) is 31.6 Å². The van der Waals surface area contributed by atoms with E-state index in [1.54, 1.807) is 11.3 Å². The third-order valence-electron chi connectivity index (χ3n) is 4.13.